The van der Waals surface area contributed by atoms with Gasteiger partial charge < -0.3 is 10.1 Å². The van der Waals surface area contributed by atoms with E-state index in [-0.39, 0.29) is 0 Å². The van der Waals surface area contributed by atoms with Gasteiger partial charge in [-0.3, -0.25) is 0 Å². The third kappa shape index (κ3) is 2.45. The van der Waals surface area contributed by atoms with Crippen LogP contribution in [0, 0.1) is 0 Å². The zero-order valence-corrected chi connectivity index (χ0v) is 11.4. The van der Waals surface area contributed by atoms with Crippen molar-refractivity contribution in [2.45, 2.75) is 63.8 Å². The minimum Gasteiger partial charge on any atom is -0.375 e. The second-order valence-electron chi connectivity index (χ2n) is 5.88. The minimum absolute atomic E-state index is 0.392. The van der Waals surface area contributed by atoms with Crippen molar-refractivity contribution in [3.63, 3.8) is 0 Å². The molecule has 1 aliphatic carbocycles. The molecule has 0 amide bonds. The van der Waals surface area contributed by atoms with Gasteiger partial charge in [-0.15, -0.1) is 0 Å². The molecule has 0 aromatic heterocycles. The Morgan fingerprint density at radius 1 is 1.11 bits per heavy atom. The van der Waals surface area contributed by atoms with Crippen molar-refractivity contribution in [2.75, 3.05) is 0 Å². The second kappa shape index (κ2) is 5.02. The lowest BCUT2D eigenvalue weighted by Gasteiger charge is -2.34. The number of hydrogen-bond acceptors (Lipinski definition) is 2. The van der Waals surface area contributed by atoms with Crippen molar-refractivity contribution in [2.24, 2.45) is 0 Å². The molecule has 1 N–H and O–H groups in total. The predicted molar refractivity (Wildman–Crippen MR) is 73.7 cm³/mol. The summed E-state index contributed by atoms with van der Waals surface area (Å²) in [7, 11) is 0. The van der Waals surface area contributed by atoms with Crippen LogP contribution in [-0.4, -0.2) is 18.2 Å². The summed E-state index contributed by atoms with van der Waals surface area (Å²) >= 11 is 0. The number of ether oxygens (including phenoxy) is 1. The van der Waals surface area contributed by atoms with Gasteiger partial charge in [-0.25, -0.2) is 0 Å². The topological polar surface area (TPSA) is 21.3 Å². The van der Waals surface area contributed by atoms with Gasteiger partial charge in [0.1, 0.15) is 0 Å². The SMILES string of the molecule is CC1CC(NC2CCc3ccccc32)CC(C)O1. The zero-order valence-electron chi connectivity index (χ0n) is 11.4. The van der Waals surface area contributed by atoms with E-state index in [0.717, 1.165) is 12.8 Å². The molecule has 0 bridgehead atoms. The van der Waals surface area contributed by atoms with Crippen LogP contribution in [0.5, 0.6) is 0 Å². The molecule has 2 aliphatic rings. The molecule has 18 heavy (non-hydrogen) atoms. The molecule has 1 aliphatic heterocycles. The van der Waals surface area contributed by atoms with Crippen molar-refractivity contribution in [1.29, 1.82) is 0 Å². The quantitative estimate of drug-likeness (QED) is 0.864. The second-order valence-corrected chi connectivity index (χ2v) is 5.88. The smallest absolute Gasteiger partial charge is 0.0565 e. The number of hydrogen-bond donors (Lipinski definition) is 1. The van der Waals surface area contributed by atoms with Gasteiger partial charge in [-0.2, -0.15) is 0 Å². The molecular weight excluding hydrogens is 222 g/mol. The van der Waals surface area contributed by atoms with Gasteiger partial charge in [0, 0.05) is 12.1 Å². The molecule has 98 valence electrons. The summed E-state index contributed by atoms with van der Waals surface area (Å²) in [4.78, 5) is 0. The van der Waals surface area contributed by atoms with Gasteiger partial charge in [-0.1, -0.05) is 24.3 Å². The summed E-state index contributed by atoms with van der Waals surface area (Å²) < 4.78 is 5.81. The fourth-order valence-corrected chi connectivity index (χ4v) is 3.56. The van der Waals surface area contributed by atoms with Crippen LogP contribution in [-0.2, 0) is 11.2 Å². The molecule has 2 heteroatoms. The van der Waals surface area contributed by atoms with Crippen LogP contribution in [0.15, 0.2) is 24.3 Å². The Balaban J connectivity index is 1.67. The Kier molecular flexibility index (Phi) is 3.40. The number of nitrogens with one attached hydrogen (secondary N) is 1. The monoisotopic (exact) mass is 245 g/mol. The molecule has 1 heterocycles. The van der Waals surface area contributed by atoms with Gasteiger partial charge in [0.15, 0.2) is 0 Å². The fraction of sp³-hybridized carbons (Fsp3) is 0.625. The summed E-state index contributed by atoms with van der Waals surface area (Å²) in [5.74, 6) is 0. The third-order valence-electron chi connectivity index (χ3n) is 4.27. The van der Waals surface area contributed by atoms with Crippen molar-refractivity contribution in [3.8, 4) is 0 Å². The Morgan fingerprint density at radius 3 is 2.61 bits per heavy atom. The summed E-state index contributed by atoms with van der Waals surface area (Å²) in [5.41, 5.74) is 3.05. The first kappa shape index (κ1) is 12.2. The van der Waals surface area contributed by atoms with Crippen LogP contribution >= 0.6 is 0 Å². The molecule has 1 aromatic carbocycles. The van der Waals surface area contributed by atoms with Gasteiger partial charge >= 0.3 is 0 Å². The summed E-state index contributed by atoms with van der Waals surface area (Å²) in [6.07, 6.45) is 5.54. The molecule has 3 atom stereocenters. The summed E-state index contributed by atoms with van der Waals surface area (Å²) in [5, 5.41) is 3.85. The van der Waals surface area contributed by atoms with Crippen LogP contribution in [0.4, 0.5) is 0 Å². The molecule has 1 saturated heterocycles. The van der Waals surface area contributed by atoms with Gasteiger partial charge in [0.2, 0.25) is 0 Å². The van der Waals surface area contributed by atoms with E-state index in [1.165, 1.54) is 24.0 Å². The van der Waals surface area contributed by atoms with Crippen LogP contribution in [0.3, 0.4) is 0 Å². The zero-order chi connectivity index (χ0) is 12.5. The lowest BCUT2D eigenvalue weighted by molar-refractivity contribution is -0.0436. The molecule has 3 unspecified atom stereocenters. The van der Waals surface area contributed by atoms with E-state index < -0.39 is 0 Å². The Morgan fingerprint density at radius 2 is 1.83 bits per heavy atom. The lowest BCUT2D eigenvalue weighted by Crippen LogP contribution is -2.42. The van der Waals surface area contributed by atoms with Crippen molar-refractivity contribution in [3.05, 3.63) is 35.4 Å². The molecule has 1 fully saturated rings. The fourth-order valence-electron chi connectivity index (χ4n) is 3.56. The Bertz CT molecular complexity index is 407. The van der Waals surface area contributed by atoms with E-state index in [0.29, 0.717) is 24.3 Å². The molecule has 0 saturated carbocycles. The van der Waals surface area contributed by atoms with E-state index in [4.69, 9.17) is 4.74 Å². The Labute approximate surface area is 110 Å². The normalized spacial score (nSPS) is 35.4. The van der Waals surface area contributed by atoms with E-state index in [9.17, 15) is 0 Å². The lowest BCUT2D eigenvalue weighted by atomic mass is 9.98. The maximum Gasteiger partial charge on any atom is 0.0565 e. The van der Waals surface area contributed by atoms with E-state index in [1.54, 1.807) is 0 Å². The van der Waals surface area contributed by atoms with Crippen LogP contribution in [0.25, 0.3) is 0 Å². The van der Waals surface area contributed by atoms with E-state index in [2.05, 4.69) is 43.4 Å². The van der Waals surface area contributed by atoms with Crippen LogP contribution in [0.1, 0.15) is 50.3 Å². The van der Waals surface area contributed by atoms with E-state index in [1.807, 2.05) is 0 Å². The third-order valence-corrected chi connectivity index (χ3v) is 4.27. The predicted octanol–water partition coefficient (Wildman–Crippen LogP) is 3.22. The van der Waals surface area contributed by atoms with Gasteiger partial charge in [0.05, 0.1) is 12.2 Å². The first-order chi connectivity index (χ1) is 8.72. The standard InChI is InChI=1S/C16H23NO/c1-11-9-14(10-12(2)18-11)17-16-8-7-13-5-3-4-6-15(13)16/h3-6,11-12,14,16-17H,7-10H2,1-2H3. The maximum atomic E-state index is 5.81. The highest BCUT2D eigenvalue weighted by Crippen LogP contribution is 2.32. The Hall–Kier alpha value is -0.860. The number of rotatable bonds is 2. The van der Waals surface area contributed by atoms with Crippen molar-refractivity contribution < 1.29 is 4.74 Å². The average Bonchev–Trinajstić information content (AvgIpc) is 2.72. The average molecular weight is 245 g/mol. The number of benzene rings is 1. The van der Waals surface area contributed by atoms with Crippen LogP contribution < -0.4 is 5.32 Å². The van der Waals surface area contributed by atoms with Crippen molar-refractivity contribution in [1.82, 2.24) is 5.32 Å². The highest BCUT2D eigenvalue weighted by Gasteiger charge is 2.29. The molecule has 0 radical (unpaired) electrons. The molecule has 0 spiro atoms. The number of aryl methyl sites for hydroxylation is 1. The first-order valence-corrected chi connectivity index (χ1v) is 7.21. The van der Waals surface area contributed by atoms with Gasteiger partial charge in [-0.05, 0) is 50.7 Å². The molecular formula is C16H23NO. The largest absolute Gasteiger partial charge is 0.375 e. The van der Waals surface area contributed by atoms with Crippen molar-refractivity contribution >= 4 is 0 Å². The summed E-state index contributed by atoms with van der Waals surface area (Å²) in [6, 6.07) is 10.0. The first-order valence-electron chi connectivity index (χ1n) is 7.21. The molecule has 2 nitrogen and oxygen atoms in total. The molecule has 3 rings (SSSR count). The summed E-state index contributed by atoms with van der Waals surface area (Å²) in [6.45, 7) is 4.37. The van der Waals surface area contributed by atoms with Gasteiger partial charge in [0.25, 0.3) is 0 Å². The highest BCUT2D eigenvalue weighted by atomic mass is 16.5. The number of fused-ring (bicyclic) bond motifs is 1. The minimum atomic E-state index is 0.392. The highest BCUT2D eigenvalue weighted by molar-refractivity contribution is 5.34. The van der Waals surface area contributed by atoms with E-state index >= 15 is 0 Å². The maximum absolute atomic E-state index is 5.81. The van der Waals surface area contributed by atoms with Crippen LogP contribution in [0.2, 0.25) is 0 Å². The molecule has 1 aromatic rings.